The molecule has 8 heteroatoms. The number of amides is 1. The van der Waals surface area contributed by atoms with Crippen LogP contribution in [0.5, 0.6) is 5.75 Å². The van der Waals surface area contributed by atoms with E-state index in [0.717, 1.165) is 4.90 Å². The molecule has 0 radical (unpaired) electrons. The molecule has 0 aliphatic heterocycles. The molecule has 0 unspecified atom stereocenters. The Morgan fingerprint density at radius 3 is 2.65 bits per heavy atom. The largest absolute Gasteiger partial charge is 0.495 e. The summed E-state index contributed by atoms with van der Waals surface area (Å²) in [5.74, 6) is -0.147. The molecule has 1 N–H and O–H groups in total. The topological polar surface area (TPSA) is 81.5 Å². The molecule has 0 saturated heterocycles. The average molecular weight is 353 g/mol. The number of carbonyl (C=O) groups is 1. The van der Waals surface area contributed by atoms with E-state index in [0.29, 0.717) is 10.8 Å². The van der Waals surface area contributed by atoms with Crippen LogP contribution < -0.4 is 10.1 Å². The highest BCUT2D eigenvalue weighted by Gasteiger charge is 2.16. The van der Waals surface area contributed by atoms with Gasteiger partial charge in [0.1, 0.15) is 5.75 Å². The first-order valence-electron chi connectivity index (χ1n) is 6.43. The molecule has 0 saturated carbocycles. The van der Waals surface area contributed by atoms with Crippen molar-refractivity contribution in [1.82, 2.24) is 0 Å². The van der Waals surface area contributed by atoms with Gasteiger partial charge in [-0.05, 0) is 30.5 Å². The van der Waals surface area contributed by atoms with Crippen molar-refractivity contribution in [2.45, 2.75) is 4.90 Å². The zero-order valence-electron chi connectivity index (χ0n) is 12.3. The summed E-state index contributed by atoms with van der Waals surface area (Å²) in [5.41, 5.74) is 0.342. The molecule has 6 nitrogen and oxygen atoms in total. The number of nitrogens with one attached hydrogen (secondary N) is 1. The molecule has 23 heavy (non-hydrogen) atoms. The normalized spacial score (nSPS) is 10.2. The van der Waals surface area contributed by atoms with Crippen molar-refractivity contribution in [3.05, 3.63) is 57.1 Å². The molecular weight excluding hydrogens is 340 g/mol. The molecule has 0 aromatic heterocycles. The van der Waals surface area contributed by atoms with E-state index >= 15 is 0 Å². The number of hydrogen-bond acceptors (Lipinski definition) is 5. The van der Waals surface area contributed by atoms with Gasteiger partial charge in [0.05, 0.1) is 28.3 Å². The summed E-state index contributed by atoms with van der Waals surface area (Å²) in [5, 5.41) is 13.8. The third kappa shape index (κ3) is 3.94. The molecule has 0 heterocycles. The predicted molar refractivity (Wildman–Crippen MR) is 90.8 cm³/mol. The van der Waals surface area contributed by atoms with Gasteiger partial charge < -0.3 is 10.1 Å². The van der Waals surface area contributed by atoms with Crippen molar-refractivity contribution >= 4 is 40.6 Å². The highest BCUT2D eigenvalue weighted by molar-refractivity contribution is 7.98. The first kappa shape index (κ1) is 17.1. The van der Waals surface area contributed by atoms with Gasteiger partial charge >= 0.3 is 0 Å². The summed E-state index contributed by atoms with van der Waals surface area (Å²) in [7, 11) is 1.41. The molecule has 0 bridgehead atoms. The zero-order chi connectivity index (χ0) is 17.0. The zero-order valence-corrected chi connectivity index (χ0v) is 13.9. The van der Waals surface area contributed by atoms with Crippen LogP contribution in [0, 0.1) is 10.1 Å². The van der Waals surface area contributed by atoms with E-state index in [1.165, 1.54) is 37.1 Å². The molecule has 2 aromatic rings. The fourth-order valence-corrected chi connectivity index (χ4v) is 2.55. The number of benzene rings is 2. The number of nitro groups is 1. The Labute approximate surface area is 141 Å². The Kier molecular flexibility index (Phi) is 5.46. The molecule has 0 spiro atoms. The van der Waals surface area contributed by atoms with E-state index in [2.05, 4.69) is 5.32 Å². The number of non-ortho nitro benzene ring substituents is 1. The van der Waals surface area contributed by atoms with Crippen LogP contribution in [-0.2, 0) is 0 Å². The number of nitrogens with zero attached hydrogens (tertiary/aromatic N) is 1. The number of nitro benzene ring substituents is 1. The number of ether oxygens (including phenoxy) is 1. The van der Waals surface area contributed by atoms with Gasteiger partial charge in [0.2, 0.25) is 0 Å². The van der Waals surface area contributed by atoms with E-state index in [4.69, 9.17) is 16.3 Å². The summed E-state index contributed by atoms with van der Waals surface area (Å²) in [6, 6.07) is 9.06. The summed E-state index contributed by atoms with van der Waals surface area (Å²) >= 11 is 7.54. The van der Waals surface area contributed by atoms with Gasteiger partial charge in [0.25, 0.3) is 11.6 Å². The van der Waals surface area contributed by atoms with Crippen molar-refractivity contribution in [2.75, 3.05) is 18.7 Å². The Balaban J connectivity index is 2.36. The van der Waals surface area contributed by atoms with Gasteiger partial charge in [-0.15, -0.1) is 11.8 Å². The van der Waals surface area contributed by atoms with Crippen molar-refractivity contribution < 1.29 is 14.5 Å². The standard InChI is InChI=1S/C15H13ClN2O4S/c1-22-14-6-3-9(18(20)21)7-13(14)17-15(19)11-8-10(23-2)4-5-12(11)16/h3-8H,1-2H3,(H,17,19). The van der Waals surface area contributed by atoms with E-state index in [1.54, 1.807) is 18.2 Å². The number of anilines is 1. The van der Waals surface area contributed by atoms with Gasteiger partial charge in [-0.25, -0.2) is 0 Å². The van der Waals surface area contributed by atoms with Crippen molar-refractivity contribution in [3.8, 4) is 5.75 Å². The van der Waals surface area contributed by atoms with Crippen molar-refractivity contribution in [2.24, 2.45) is 0 Å². The van der Waals surface area contributed by atoms with Gasteiger partial charge in [0.15, 0.2) is 0 Å². The van der Waals surface area contributed by atoms with Crippen LogP contribution in [0.1, 0.15) is 10.4 Å². The molecule has 0 aliphatic rings. The number of carbonyl (C=O) groups excluding carboxylic acids is 1. The summed E-state index contributed by atoms with van der Waals surface area (Å²) in [4.78, 5) is 23.6. The van der Waals surface area contributed by atoms with Crippen LogP contribution in [0.15, 0.2) is 41.3 Å². The molecule has 0 aliphatic carbocycles. The second-order valence-electron chi connectivity index (χ2n) is 4.44. The van der Waals surface area contributed by atoms with Crippen molar-refractivity contribution in [3.63, 3.8) is 0 Å². The maximum absolute atomic E-state index is 12.4. The molecule has 1 amide bonds. The smallest absolute Gasteiger partial charge is 0.271 e. The highest BCUT2D eigenvalue weighted by atomic mass is 35.5. The number of rotatable bonds is 5. The first-order valence-corrected chi connectivity index (χ1v) is 8.04. The summed E-state index contributed by atoms with van der Waals surface area (Å²) in [6.45, 7) is 0. The Morgan fingerprint density at radius 1 is 1.30 bits per heavy atom. The fourth-order valence-electron chi connectivity index (χ4n) is 1.90. The van der Waals surface area contributed by atoms with Crippen LogP contribution in [0.2, 0.25) is 5.02 Å². The number of halogens is 1. The second kappa shape index (κ2) is 7.34. The minimum atomic E-state index is -0.545. The van der Waals surface area contributed by atoms with Gasteiger partial charge in [-0.3, -0.25) is 14.9 Å². The van der Waals surface area contributed by atoms with E-state index in [1.807, 2.05) is 6.26 Å². The third-order valence-electron chi connectivity index (χ3n) is 3.06. The van der Waals surface area contributed by atoms with Crippen LogP contribution in [0.3, 0.4) is 0 Å². The van der Waals surface area contributed by atoms with Gasteiger partial charge in [-0.1, -0.05) is 11.6 Å². The maximum Gasteiger partial charge on any atom is 0.271 e. The molecule has 2 aromatic carbocycles. The minimum Gasteiger partial charge on any atom is -0.495 e. The van der Waals surface area contributed by atoms with Crippen LogP contribution >= 0.6 is 23.4 Å². The molecule has 120 valence electrons. The number of methoxy groups -OCH3 is 1. The van der Waals surface area contributed by atoms with Crippen LogP contribution in [0.25, 0.3) is 0 Å². The lowest BCUT2D eigenvalue weighted by atomic mass is 10.2. The fraction of sp³-hybridized carbons (Fsp3) is 0.133. The average Bonchev–Trinajstić information content (AvgIpc) is 2.55. The third-order valence-corrected chi connectivity index (χ3v) is 4.12. The van der Waals surface area contributed by atoms with Crippen molar-refractivity contribution in [1.29, 1.82) is 0 Å². The maximum atomic E-state index is 12.4. The summed E-state index contributed by atoms with van der Waals surface area (Å²) < 4.78 is 5.12. The summed E-state index contributed by atoms with van der Waals surface area (Å²) in [6.07, 6.45) is 1.88. The number of thioether (sulfide) groups is 1. The lowest BCUT2D eigenvalue weighted by Gasteiger charge is -2.11. The van der Waals surface area contributed by atoms with Crippen LogP contribution in [0.4, 0.5) is 11.4 Å². The monoisotopic (exact) mass is 352 g/mol. The molecule has 2 rings (SSSR count). The SMILES string of the molecule is COc1ccc([N+](=O)[O-])cc1NC(=O)c1cc(SC)ccc1Cl. The van der Waals surface area contributed by atoms with E-state index < -0.39 is 10.8 Å². The van der Waals surface area contributed by atoms with Gasteiger partial charge in [-0.2, -0.15) is 0 Å². The van der Waals surface area contributed by atoms with E-state index in [9.17, 15) is 14.9 Å². The lowest BCUT2D eigenvalue weighted by molar-refractivity contribution is -0.384. The quantitative estimate of drug-likeness (QED) is 0.494. The highest BCUT2D eigenvalue weighted by Crippen LogP contribution is 2.30. The number of hydrogen-bond donors (Lipinski definition) is 1. The lowest BCUT2D eigenvalue weighted by Crippen LogP contribution is -2.13. The predicted octanol–water partition coefficient (Wildman–Crippen LogP) is 4.23. The Hall–Kier alpha value is -2.25. The Morgan fingerprint density at radius 2 is 2.04 bits per heavy atom. The molecule has 0 fully saturated rings. The minimum absolute atomic E-state index is 0.148. The molecule has 0 atom stereocenters. The van der Waals surface area contributed by atoms with Gasteiger partial charge in [0, 0.05) is 17.0 Å². The van der Waals surface area contributed by atoms with Crippen LogP contribution in [-0.4, -0.2) is 24.2 Å². The second-order valence-corrected chi connectivity index (χ2v) is 5.73. The first-order chi connectivity index (χ1) is 11.0. The van der Waals surface area contributed by atoms with E-state index in [-0.39, 0.29) is 16.9 Å². The Bertz CT molecular complexity index is 767. The molecular formula is C15H13ClN2O4S.